The molecule has 0 saturated heterocycles. The Morgan fingerprint density at radius 2 is 2.28 bits per heavy atom. The molecule has 1 aromatic rings. The van der Waals surface area contributed by atoms with Crippen LogP contribution in [0, 0.1) is 13.8 Å². The number of hydrogen-bond acceptors (Lipinski definition) is 5. The second-order valence-corrected chi connectivity index (χ2v) is 4.03. The highest BCUT2D eigenvalue weighted by Crippen LogP contribution is 2.08. The lowest BCUT2D eigenvalue weighted by Crippen LogP contribution is -2.30. The lowest BCUT2D eigenvalue weighted by atomic mass is 10.1. The van der Waals surface area contributed by atoms with Crippen molar-refractivity contribution >= 4 is 17.5 Å². The van der Waals surface area contributed by atoms with Crippen LogP contribution >= 0.6 is 0 Å². The molecule has 1 aromatic heterocycles. The predicted molar refractivity (Wildman–Crippen MR) is 63.5 cm³/mol. The van der Waals surface area contributed by atoms with Gasteiger partial charge in [0.2, 0.25) is 5.91 Å². The summed E-state index contributed by atoms with van der Waals surface area (Å²) in [5, 5.41) is 14.1. The van der Waals surface area contributed by atoms with E-state index in [0.717, 1.165) is 16.8 Å². The van der Waals surface area contributed by atoms with Crippen molar-refractivity contribution in [3.8, 4) is 0 Å². The maximum absolute atomic E-state index is 11.7. The second-order valence-electron chi connectivity index (χ2n) is 4.03. The highest BCUT2D eigenvalue weighted by atomic mass is 16.2. The summed E-state index contributed by atoms with van der Waals surface area (Å²) in [4.78, 5) is 22.6. The largest absolute Gasteiger partial charge is 0.347 e. The second kappa shape index (κ2) is 4.91. The lowest BCUT2D eigenvalue weighted by Gasteiger charge is -2.07. The first-order valence-corrected chi connectivity index (χ1v) is 5.49. The highest BCUT2D eigenvalue weighted by molar-refractivity contribution is 6.43. The van der Waals surface area contributed by atoms with Crippen molar-refractivity contribution in [2.24, 2.45) is 5.10 Å². The molecular formula is C11H13N5O2. The van der Waals surface area contributed by atoms with Crippen LogP contribution in [-0.4, -0.2) is 27.7 Å². The van der Waals surface area contributed by atoms with Gasteiger partial charge in [-0.2, -0.15) is 15.3 Å². The van der Waals surface area contributed by atoms with E-state index in [-0.39, 0.29) is 23.9 Å². The Morgan fingerprint density at radius 3 is 2.94 bits per heavy atom. The van der Waals surface area contributed by atoms with Gasteiger partial charge >= 0.3 is 0 Å². The predicted octanol–water partition coefficient (Wildman–Crippen LogP) is -0.414. The van der Waals surface area contributed by atoms with Gasteiger partial charge in [0.15, 0.2) is 0 Å². The van der Waals surface area contributed by atoms with E-state index in [1.807, 2.05) is 13.8 Å². The average Bonchev–Trinajstić information content (AvgIpc) is 2.77. The molecule has 0 bridgehead atoms. The molecular weight excluding hydrogens is 234 g/mol. The van der Waals surface area contributed by atoms with Crippen LogP contribution in [0.4, 0.5) is 0 Å². The number of rotatable bonds is 3. The summed E-state index contributed by atoms with van der Waals surface area (Å²) >= 11 is 0. The third-order valence-electron chi connectivity index (χ3n) is 2.79. The zero-order valence-corrected chi connectivity index (χ0v) is 10.1. The van der Waals surface area contributed by atoms with Gasteiger partial charge < -0.3 is 5.32 Å². The first-order valence-electron chi connectivity index (χ1n) is 5.49. The summed E-state index contributed by atoms with van der Waals surface area (Å²) in [6.07, 6.45) is 1.64. The average molecular weight is 247 g/mol. The van der Waals surface area contributed by atoms with E-state index < -0.39 is 0 Å². The van der Waals surface area contributed by atoms with Crippen LogP contribution in [0.25, 0.3) is 0 Å². The molecule has 0 aromatic carbocycles. The molecule has 0 fully saturated rings. The number of hydrazone groups is 1. The fraction of sp³-hybridized carbons (Fsp3) is 0.364. The molecule has 0 spiro atoms. The van der Waals surface area contributed by atoms with Crippen molar-refractivity contribution in [2.45, 2.75) is 26.8 Å². The molecule has 18 heavy (non-hydrogen) atoms. The van der Waals surface area contributed by atoms with E-state index in [1.165, 1.54) is 0 Å². The van der Waals surface area contributed by atoms with E-state index in [2.05, 4.69) is 26.0 Å². The number of nitrogens with zero attached hydrogens (tertiary/aromatic N) is 3. The normalized spacial score (nSPS) is 14.1. The molecule has 0 unspecified atom stereocenters. The Morgan fingerprint density at radius 1 is 1.50 bits per heavy atom. The smallest absolute Gasteiger partial charge is 0.268 e. The molecule has 2 amide bonds. The van der Waals surface area contributed by atoms with Gasteiger partial charge in [0.05, 0.1) is 18.3 Å². The molecule has 7 nitrogen and oxygen atoms in total. The van der Waals surface area contributed by atoms with Crippen LogP contribution in [0.5, 0.6) is 0 Å². The summed E-state index contributed by atoms with van der Waals surface area (Å²) in [6, 6.07) is 0. The van der Waals surface area contributed by atoms with Crippen LogP contribution in [0.15, 0.2) is 11.3 Å². The molecule has 1 aliphatic heterocycles. The van der Waals surface area contributed by atoms with Gasteiger partial charge in [0.1, 0.15) is 5.71 Å². The van der Waals surface area contributed by atoms with Gasteiger partial charge in [-0.3, -0.25) is 9.59 Å². The first kappa shape index (κ1) is 12.2. The Bertz CT molecular complexity index is 538. The monoisotopic (exact) mass is 247 g/mol. The first-order chi connectivity index (χ1) is 8.58. The zero-order chi connectivity index (χ0) is 13.1. The third kappa shape index (κ3) is 2.50. The number of carbonyl (C=O) groups is 2. The number of aryl methyl sites for hydroxylation is 1. The van der Waals surface area contributed by atoms with E-state index >= 15 is 0 Å². The van der Waals surface area contributed by atoms with Crippen LogP contribution in [0.3, 0.4) is 0 Å². The minimum absolute atomic E-state index is 0.0262. The summed E-state index contributed by atoms with van der Waals surface area (Å²) in [5.74, 6) is -0.611. The molecule has 2 rings (SSSR count). The number of hydrogen-bond donors (Lipinski definition) is 2. The molecule has 2 N–H and O–H groups in total. The van der Waals surface area contributed by atoms with Crippen molar-refractivity contribution in [1.29, 1.82) is 0 Å². The Balaban J connectivity index is 1.98. The van der Waals surface area contributed by atoms with Gasteiger partial charge in [-0.25, -0.2) is 5.43 Å². The molecule has 0 atom stereocenters. The number of amides is 2. The maximum atomic E-state index is 11.7. The van der Waals surface area contributed by atoms with E-state index in [0.29, 0.717) is 6.54 Å². The van der Waals surface area contributed by atoms with Crippen LogP contribution in [0.2, 0.25) is 0 Å². The van der Waals surface area contributed by atoms with Crippen molar-refractivity contribution in [3.63, 3.8) is 0 Å². The van der Waals surface area contributed by atoms with Crippen LogP contribution in [-0.2, 0) is 16.1 Å². The Kier molecular flexibility index (Phi) is 3.31. The summed E-state index contributed by atoms with van der Waals surface area (Å²) < 4.78 is 0. The molecule has 94 valence electrons. The molecule has 7 heteroatoms. The van der Waals surface area contributed by atoms with E-state index in [4.69, 9.17) is 0 Å². The van der Waals surface area contributed by atoms with Gasteiger partial charge in [0, 0.05) is 6.54 Å². The molecule has 0 aliphatic carbocycles. The Hall–Kier alpha value is -2.31. The third-order valence-corrected chi connectivity index (χ3v) is 2.79. The van der Waals surface area contributed by atoms with Crippen molar-refractivity contribution in [1.82, 2.24) is 20.9 Å². The van der Waals surface area contributed by atoms with E-state index in [9.17, 15) is 9.59 Å². The van der Waals surface area contributed by atoms with Crippen molar-refractivity contribution < 1.29 is 9.59 Å². The quantitative estimate of drug-likeness (QED) is 0.758. The Labute approximate surface area is 104 Å². The number of carbonyl (C=O) groups excluding carboxylic acids is 2. The van der Waals surface area contributed by atoms with Gasteiger partial charge in [-0.15, -0.1) is 0 Å². The van der Waals surface area contributed by atoms with Gasteiger partial charge in [-0.05, 0) is 25.0 Å². The summed E-state index contributed by atoms with van der Waals surface area (Å²) in [5.41, 5.74) is 5.16. The summed E-state index contributed by atoms with van der Waals surface area (Å²) in [6.45, 7) is 4.12. The summed E-state index contributed by atoms with van der Waals surface area (Å²) in [7, 11) is 0. The van der Waals surface area contributed by atoms with E-state index in [1.54, 1.807) is 6.20 Å². The van der Waals surface area contributed by atoms with Crippen LogP contribution < -0.4 is 10.7 Å². The fourth-order valence-electron chi connectivity index (χ4n) is 1.54. The number of nitrogens with one attached hydrogen (secondary N) is 2. The van der Waals surface area contributed by atoms with Crippen molar-refractivity contribution in [3.05, 3.63) is 23.0 Å². The molecule has 0 saturated carbocycles. The minimum atomic E-state index is -0.345. The SMILES string of the molecule is Cc1nncc(CNC(=O)C2=NNC(=O)C2)c1C. The van der Waals surface area contributed by atoms with Crippen molar-refractivity contribution in [2.75, 3.05) is 0 Å². The van der Waals surface area contributed by atoms with Gasteiger partial charge in [-0.1, -0.05) is 0 Å². The maximum Gasteiger partial charge on any atom is 0.268 e. The lowest BCUT2D eigenvalue weighted by molar-refractivity contribution is -0.120. The standard InChI is InChI=1S/C11H13N5O2/c1-6-7(2)14-13-5-8(6)4-12-11(18)9-3-10(17)16-15-9/h5H,3-4H2,1-2H3,(H,12,18)(H,16,17). The topological polar surface area (TPSA) is 96.3 Å². The fourth-order valence-corrected chi connectivity index (χ4v) is 1.54. The molecule has 0 radical (unpaired) electrons. The zero-order valence-electron chi connectivity index (χ0n) is 10.1. The highest BCUT2D eigenvalue weighted by Gasteiger charge is 2.21. The molecule has 2 heterocycles. The molecule has 1 aliphatic rings. The number of aromatic nitrogens is 2. The minimum Gasteiger partial charge on any atom is -0.347 e. The van der Waals surface area contributed by atoms with Crippen LogP contribution in [0.1, 0.15) is 23.2 Å². The van der Waals surface area contributed by atoms with Gasteiger partial charge in [0.25, 0.3) is 5.91 Å².